The normalized spacial score (nSPS) is 34.9. The number of piperidine rings is 1. The van der Waals surface area contributed by atoms with Crippen LogP contribution in [0.2, 0.25) is 0 Å². The van der Waals surface area contributed by atoms with E-state index in [1.54, 1.807) is 6.07 Å². The number of carbonyl (C=O) groups is 1. The molecule has 202 valence electrons. The number of likely N-dealkylation sites (N-methyl/N-ethyl adjacent to an activating group) is 1. The highest BCUT2D eigenvalue weighted by molar-refractivity contribution is 5.77. The van der Waals surface area contributed by atoms with Crippen LogP contribution in [0.25, 0.3) is 0 Å². The van der Waals surface area contributed by atoms with Crippen molar-refractivity contribution in [2.24, 2.45) is 11.8 Å². The molecule has 1 amide bonds. The third-order valence-electron chi connectivity index (χ3n) is 10.8. The number of phenols is 1. The fraction of sp³-hybridized carbons (Fsp3) is 0.594. The molecule has 5 aliphatic rings. The molecule has 2 bridgehead atoms. The van der Waals surface area contributed by atoms with E-state index < -0.39 is 11.0 Å². The fourth-order valence-electron chi connectivity index (χ4n) is 8.73. The smallest absolute Gasteiger partial charge is 0.223 e. The standard InChI is InChI=1S/C32H40N2O4/c1-19-5-4-6-21(15-19)9-12-27(36)33(3)24-16-20(2)32(37)26-17-23-10-11-25(35)29-28(23)31(32,30(24)38-29)13-14-34(26)18-22-7-8-22/h4-6,10-11,15,20,22,24,26,30,35,37H,7-9,12-14,16-18H2,1-3H3/t20?,24?,26-,30?,31+,32-/m1/s1. The summed E-state index contributed by atoms with van der Waals surface area (Å²) in [6.45, 7) is 6.23. The molecule has 2 saturated carbocycles. The van der Waals surface area contributed by atoms with E-state index in [4.69, 9.17) is 4.74 Å². The number of aryl methyl sites for hydroxylation is 2. The molecule has 6 atom stereocenters. The second-order valence-electron chi connectivity index (χ2n) is 12.9. The molecular formula is C32H40N2O4. The topological polar surface area (TPSA) is 73.2 Å². The van der Waals surface area contributed by atoms with Crippen LogP contribution in [0.5, 0.6) is 11.5 Å². The summed E-state index contributed by atoms with van der Waals surface area (Å²) in [6, 6.07) is 12.0. The molecule has 1 saturated heterocycles. The van der Waals surface area contributed by atoms with E-state index in [9.17, 15) is 15.0 Å². The molecular weight excluding hydrogens is 476 g/mol. The highest BCUT2D eigenvalue weighted by Gasteiger charge is 2.75. The van der Waals surface area contributed by atoms with Gasteiger partial charge in [0.2, 0.25) is 5.91 Å². The van der Waals surface area contributed by atoms with Crippen LogP contribution in [0, 0.1) is 18.8 Å². The van der Waals surface area contributed by atoms with Crippen molar-refractivity contribution in [3.05, 3.63) is 58.7 Å². The van der Waals surface area contributed by atoms with Crippen LogP contribution in [0.15, 0.2) is 36.4 Å². The highest BCUT2D eigenvalue weighted by Crippen LogP contribution is 2.67. The van der Waals surface area contributed by atoms with Crippen molar-refractivity contribution < 1.29 is 19.7 Å². The summed E-state index contributed by atoms with van der Waals surface area (Å²) in [7, 11) is 1.91. The molecule has 0 radical (unpaired) electrons. The zero-order chi connectivity index (χ0) is 26.4. The number of hydrogen-bond donors (Lipinski definition) is 2. The summed E-state index contributed by atoms with van der Waals surface area (Å²) in [5.41, 5.74) is 3.01. The van der Waals surface area contributed by atoms with Crippen molar-refractivity contribution in [2.75, 3.05) is 20.1 Å². The highest BCUT2D eigenvalue weighted by atomic mass is 16.5. The number of ether oxygens (including phenoxy) is 1. The quantitative estimate of drug-likeness (QED) is 0.608. The lowest BCUT2D eigenvalue weighted by Gasteiger charge is -2.67. The Balaban J connectivity index is 1.24. The molecule has 7 rings (SSSR count). The third-order valence-corrected chi connectivity index (χ3v) is 10.8. The van der Waals surface area contributed by atoms with Crippen molar-refractivity contribution in [3.63, 3.8) is 0 Å². The van der Waals surface area contributed by atoms with Gasteiger partial charge in [-0.1, -0.05) is 42.8 Å². The summed E-state index contributed by atoms with van der Waals surface area (Å²) < 4.78 is 6.69. The lowest BCUT2D eigenvalue weighted by Crippen LogP contribution is -2.80. The lowest BCUT2D eigenvalue weighted by molar-refractivity contribution is -0.225. The first kappa shape index (κ1) is 24.5. The molecule has 2 aliphatic heterocycles. The van der Waals surface area contributed by atoms with Crippen molar-refractivity contribution in [1.82, 2.24) is 9.80 Å². The van der Waals surface area contributed by atoms with E-state index >= 15 is 0 Å². The Morgan fingerprint density at radius 1 is 1.24 bits per heavy atom. The van der Waals surface area contributed by atoms with Crippen molar-refractivity contribution >= 4 is 5.91 Å². The number of carbonyl (C=O) groups excluding carboxylic acids is 1. The average molecular weight is 517 g/mol. The van der Waals surface area contributed by atoms with Gasteiger partial charge < -0.3 is 19.8 Å². The van der Waals surface area contributed by atoms with Gasteiger partial charge in [-0.25, -0.2) is 0 Å². The molecule has 2 aromatic rings. The Morgan fingerprint density at radius 2 is 2.05 bits per heavy atom. The van der Waals surface area contributed by atoms with E-state index in [1.165, 1.54) is 29.5 Å². The fourth-order valence-corrected chi connectivity index (χ4v) is 8.73. The molecule has 6 heteroatoms. The Kier molecular flexibility index (Phi) is 5.45. The molecule has 2 aromatic carbocycles. The van der Waals surface area contributed by atoms with Gasteiger partial charge in [0.25, 0.3) is 0 Å². The minimum atomic E-state index is -0.960. The Bertz CT molecular complexity index is 1290. The SMILES string of the molecule is Cc1cccc(CCC(=O)N(C)C2CC(C)[C@@]3(O)[C@H]4Cc5ccc(O)c6c5[C@@]3(CCN4CC3CC3)C2O6)c1. The van der Waals surface area contributed by atoms with Gasteiger partial charge in [0.05, 0.1) is 17.1 Å². The van der Waals surface area contributed by atoms with E-state index in [1.807, 2.05) is 24.1 Å². The maximum atomic E-state index is 13.6. The Morgan fingerprint density at radius 3 is 2.82 bits per heavy atom. The van der Waals surface area contributed by atoms with E-state index in [-0.39, 0.29) is 35.8 Å². The minimum Gasteiger partial charge on any atom is -0.504 e. The first-order valence-electron chi connectivity index (χ1n) is 14.5. The zero-order valence-electron chi connectivity index (χ0n) is 22.8. The summed E-state index contributed by atoms with van der Waals surface area (Å²) in [6.07, 6.45) is 5.61. The molecule has 3 aliphatic carbocycles. The molecule has 3 fully saturated rings. The number of nitrogens with zero attached hydrogens (tertiary/aromatic N) is 2. The predicted octanol–water partition coefficient (Wildman–Crippen LogP) is 3.97. The van der Waals surface area contributed by atoms with Gasteiger partial charge >= 0.3 is 0 Å². The number of aromatic hydroxyl groups is 1. The van der Waals surface area contributed by atoms with E-state index in [0.29, 0.717) is 25.0 Å². The van der Waals surface area contributed by atoms with Crippen LogP contribution >= 0.6 is 0 Å². The van der Waals surface area contributed by atoms with Gasteiger partial charge in [0, 0.05) is 31.6 Å². The average Bonchev–Trinajstić information content (AvgIpc) is 3.64. The minimum absolute atomic E-state index is 0.00664. The second-order valence-corrected chi connectivity index (χ2v) is 12.9. The van der Waals surface area contributed by atoms with Crippen molar-refractivity contribution in [3.8, 4) is 11.5 Å². The molecule has 0 aromatic heterocycles. The summed E-state index contributed by atoms with van der Waals surface area (Å²) in [5.74, 6) is 1.54. The largest absolute Gasteiger partial charge is 0.504 e. The number of rotatable bonds is 6. The van der Waals surface area contributed by atoms with Gasteiger partial charge in [-0.05, 0) is 81.0 Å². The van der Waals surface area contributed by atoms with Crippen molar-refractivity contribution in [2.45, 2.75) is 88.0 Å². The first-order valence-corrected chi connectivity index (χ1v) is 14.5. The second kappa shape index (κ2) is 8.46. The molecule has 6 nitrogen and oxygen atoms in total. The van der Waals surface area contributed by atoms with Gasteiger partial charge in [0.1, 0.15) is 6.10 Å². The van der Waals surface area contributed by atoms with Crippen LogP contribution in [0.3, 0.4) is 0 Å². The number of amides is 1. The van der Waals surface area contributed by atoms with Crippen LogP contribution in [0.4, 0.5) is 0 Å². The Hall–Kier alpha value is -2.57. The molecule has 38 heavy (non-hydrogen) atoms. The maximum absolute atomic E-state index is 13.6. The Labute approximate surface area is 225 Å². The monoisotopic (exact) mass is 516 g/mol. The number of aliphatic hydroxyl groups is 1. The van der Waals surface area contributed by atoms with Gasteiger partial charge in [0.15, 0.2) is 11.5 Å². The van der Waals surface area contributed by atoms with Gasteiger partial charge in [-0.15, -0.1) is 0 Å². The molecule has 3 unspecified atom stereocenters. The maximum Gasteiger partial charge on any atom is 0.223 e. The summed E-state index contributed by atoms with van der Waals surface area (Å²) in [4.78, 5) is 18.0. The molecule has 2 heterocycles. The summed E-state index contributed by atoms with van der Waals surface area (Å²) >= 11 is 0. The van der Waals surface area contributed by atoms with Crippen LogP contribution in [-0.4, -0.2) is 69.8 Å². The third kappa shape index (κ3) is 3.29. The van der Waals surface area contributed by atoms with Crippen molar-refractivity contribution in [1.29, 1.82) is 0 Å². The predicted molar refractivity (Wildman–Crippen MR) is 145 cm³/mol. The van der Waals surface area contributed by atoms with Gasteiger partial charge in [-0.2, -0.15) is 0 Å². The first-order chi connectivity index (χ1) is 18.2. The van der Waals surface area contributed by atoms with E-state index in [2.05, 4.69) is 36.9 Å². The summed E-state index contributed by atoms with van der Waals surface area (Å²) in [5, 5.41) is 23.8. The number of benzene rings is 2. The van der Waals surface area contributed by atoms with Crippen LogP contribution < -0.4 is 4.74 Å². The lowest BCUT2D eigenvalue weighted by atomic mass is 9.45. The number of likely N-dealkylation sites (tertiary alicyclic amines) is 1. The molecule has 1 spiro atoms. The zero-order valence-corrected chi connectivity index (χ0v) is 22.8. The van der Waals surface area contributed by atoms with Gasteiger partial charge in [-0.3, -0.25) is 9.69 Å². The van der Waals surface area contributed by atoms with Crippen LogP contribution in [-0.2, 0) is 23.1 Å². The number of phenolic OH excluding ortho intramolecular Hbond substituents is 1. The van der Waals surface area contributed by atoms with E-state index in [0.717, 1.165) is 37.4 Å². The molecule has 2 N–H and O–H groups in total. The number of hydrogen-bond acceptors (Lipinski definition) is 5. The van der Waals surface area contributed by atoms with Crippen LogP contribution in [0.1, 0.15) is 61.3 Å².